The van der Waals surface area contributed by atoms with Crippen molar-refractivity contribution >= 4 is 0 Å². The van der Waals surface area contributed by atoms with Crippen molar-refractivity contribution in [3.05, 3.63) is 0 Å². The highest BCUT2D eigenvalue weighted by atomic mass is 16.3. The molecule has 3 heterocycles. The van der Waals surface area contributed by atoms with Gasteiger partial charge in [0, 0.05) is 48.8 Å². The van der Waals surface area contributed by atoms with Gasteiger partial charge < -0.3 is 40.9 Å². The summed E-state index contributed by atoms with van der Waals surface area (Å²) in [5.41, 5.74) is 0. The van der Waals surface area contributed by atoms with Gasteiger partial charge in [0.15, 0.2) is 0 Å². The van der Waals surface area contributed by atoms with Gasteiger partial charge in [-0.05, 0) is 145 Å². The van der Waals surface area contributed by atoms with Crippen LogP contribution in [-0.2, 0) is 0 Å². The zero-order valence-corrected chi connectivity index (χ0v) is 31.0. The van der Waals surface area contributed by atoms with Gasteiger partial charge in [0.25, 0.3) is 0 Å². The number of hydrogen-bond acceptors (Lipinski definition) is 8. The van der Waals surface area contributed by atoms with Gasteiger partial charge in [-0.3, -0.25) is 0 Å². The van der Waals surface area contributed by atoms with Gasteiger partial charge in [0.2, 0.25) is 0 Å². The summed E-state index contributed by atoms with van der Waals surface area (Å²) in [6.45, 7) is 31.8. The molecule has 0 radical (unpaired) electrons. The quantitative estimate of drug-likeness (QED) is 0.192. The van der Waals surface area contributed by atoms with Crippen molar-refractivity contribution in [3.8, 4) is 0 Å². The van der Waals surface area contributed by atoms with Gasteiger partial charge in [-0.25, -0.2) is 0 Å². The lowest BCUT2D eigenvalue weighted by atomic mass is 10.0. The zero-order valence-electron chi connectivity index (χ0n) is 31.0. The normalized spacial score (nSPS) is 21.8. The first kappa shape index (κ1) is 41.7. The van der Waals surface area contributed by atoms with E-state index in [9.17, 15) is 5.11 Å². The third-order valence-electron chi connectivity index (χ3n) is 9.89. The first-order valence-electron chi connectivity index (χ1n) is 18.6. The van der Waals surface area contributed by atoms with E-state index in [0.29, 0.717) is 30.2 Å². The number of nitrogens with zero attached hydrogens (tertiary/aromatic N) is 3. The zero-order chi connectivity index (χ0) is 33.1. The Bertz CT molecular complexity index is 651. The molecule has 0 amide bonds. The highest BCUT2D eigenvalue weighted by molar-refractivity contribution is 4.82. The van der Waals surface area contributed by atoms with Gasteiger partial charge in [-0.1, -0.05) is 27.7 Å². The molecule has 3 saturated heterocycles. The van der Waals surface area contributed by atoms with Crippen LogP contribution in [-0.4, -0.2) is 132 Å². The van der Waals surface area contributed by atoms with Crippen LogP contribution in [0.4, 0.5) is 0 Å². The number of piperidine rings is 3. The summed E-state index contributed by atoms with van der Waals surface area (Å²) in [7, 11) is 0. The Morgan fingerprint density at radius 1 is 0.568 bits per heavy atom. The standard InChI is InChI=1S/2C12H26N2O.C12H26N2/c1-4-12(15)9-13-11-5-7-14(8-6-11)10(2)3;1-4-11(9-15)13-12-5-7-14(8-6-12)10(2)3;1-10(2)9-13-12-5-7-14(8-6-12)11(3)4/h2*10-13,15H,4-9H2,1-3H3;10-13H,5-9H2,1-4H3. The van der Waals surface area contributed by atoms with Crippen LogP contribution in [0, 0.1) is 5.92 Å². The second-order valence-electron chi connectivity index (χ2n) is 14.9. The van der Waals surface area contributed by atoms with Crippen molar-refractivity contribution in [2.45, 2.75) is 169 Å². The van der Waals surface area contributed by atoms with E-state index in [0.717, 1.165) is 37.4 Å². The lowest BCUT2D eigenvalue weighted by Gasteiger charge is -2.36. The Morgan fingerprint density at radius 3 is 1.23 bits per heavy atom. The molecule has 0 aromatic heterocycles. The molecule has 264 valence electrons. The summed E-state index contributed by atoms with van der Waals surface area (Å²) in [4.78, 5) is 7.63. The molecule has 3 fully saturated rings. The fourth-order valence-electron chi connectivity index (χ4n) is 6.30. The Morgan fingerprint density at radius 2 is 0.932 bits per heavy atom. The van der Waals surface area contributed by atoms with Crippen molar-refractivity contribution in [1.29, 1.82) is 0 Å². The minimum atomic E-state index is -0.173. The lowest BCUT2D eigenvalue weighted by molar-refractivity contribution is 0.135. The molecule has 8 nitrogen and oxygen atoms in total. The summed E-state index contributed by atoms with van der Waals surface area (Å²) in [6.07, 6.45) is 9.20. The largest absolute Gasteiger partial charge is 0.395 e. The van der Waals surface area contributed by atoms with Crippen LogP contribution in [0.1, 0.15) is 121 Å². The summed E-state index contributed by atoms with van der Waals surface area (Å²) in [6, 6.07) is 4.35. The molecule has 3 aliphatic rings. The van der Waals surface area contributed by atoms with Gasteiger partial charge in [0.1, 0.15) is 0 Å². The minimum absolute atomic E-state index is 0.173. The highest BCUT2D eigenvalue weighted by Crippen LogP contribution is 2.15. The lowest BCUT2D eigenvalue weighted by Crippen LogP contribution is -2.48. The van der Waals surface area contributed by atoms with Gasteiger partial charge in [-0.2, -0.15) is 0 Å². The average Bonchev–Trinajstić information content (AvgIpc) is 3.02. The number of aliphatic hydroxyl groups excluding tert-OH is 2. The topological polar surface area (TPSA) is 86.3 Å². The highest BCUT2D eigenvalue weighted by Gasteiger charge is 2.23. The molecule has 5 N–H and O–H groups in total. The van der Waals surface area contributed by atoms with Gasteiger partial charge in [-0.15, -0.1) is 0 Å². The van der Waals surface area contributed by atoms with Crippen LogP contribution in [0.3, 0.4) is 0 Å². The maximum absolute atomic E-state index is 9.46. The van der Waals surface area contributed by atoms with Gasteiger partial charge in [0.05, 0.1) is 12.7 Å². The molecule has 2 unspecified atom stereocenters. The first-order valence-corrected chi connectivity index (χ1v) is 18.6. The van der Waals surface area contributed by atoms with Gasteiger partial charge >= 0.3 is 0 Å². The summed E-state index contributed by atoms with van der Waals surface area (Å²) >= 11 is 0. The molecule has 0 saturated carbocycles. The monoisotopic (exact) mass is 627 g/mol. The maximum Gasteiger partial charge on any atom is 0.0662 e. The fourth-order valence-corrected chi connectivity index (χ4v) is 6.30. The Hall–Kier alpha value is -0.320. The summed E-state index contributed by atoms with van der Waals surface area (Å²) in [5, 5.41) is 29.2. The molecular weight excluding hydrogens is 548 g/mol. The van der Waals surface area contributed by atoms with Crippen molar-refractivity contribution in [3.63, 3.8) is 0 Å². The summed E-state index contributed by atoms with van der Waals surface area (Å²) in [5.74, 6) is 0.776. The van der Waals surface area contributed by atoms with Crippen molar-refractivity contribution in [2.75, 3.05) is 59.0 Å². The molecular formula is C36H78N6O2. The molecule has 0 aromatic rings. The van der Waals surface area contributed by atoms with E-state index in [1.54, 1.807) is 0 Å². The van der Waals surface area contributed by atoms with Crippen LogP contribution >= 0.6 is 0 Å². The SMILES string of the molecule is CC(C)CNC1CCN(C(C)C)CC1.CCC(CO)NC1CCN(C(C)C)CC1.CCC(O)CNC1CCN(C(C)C)CC1. The molecule has 44 heavy (non-hydrogen) atoms. The molecule has 3 aliphatic heterocycles. The molecule has 0 spiro atoms. The molecule has 3 rings (SSSR count). The van der Waals surface area contributed by atoms with E-state index in [2.05, 4.69) is 93.0 Å². The number of hydrogen-bond donors (Lipinski definition) is 5. The smallest absolute Gasteiger partial charge is 0.0662 e. The molecule has 8 heteroatoms. The molecule has 0 bridgehead atoms. The third-order valence-corrected chi connectivity index (χ3v) is 9.89. The van der Waals surface area contributed by atoms with Crippen molar-refractivity contribution < 1.29 is 10.2 Å². The van der Waals surface area contributed by atoms with E-state index in [1.165, 1.54) is 84.3 Å². The third kappa shape index (κ3) is 18.1. The van der Waals surface area contributed by atoms with E-state index in [-0.39, 0.29) is 12.7 Å². The Labute approximate surface area is 274 Å². The predicted molar refractivity (Wildman–Crippen MR) is 191 cm³/mol. The number of rotatable bonds is 14. The number of likely N-dealkylation sites (tertiary alicyclic amines) is 3. The second-order valence-corrected chi connectivity index (χ2v) is 14.9. The van der Waals surface area contributed by atoms with Crippen LogP contribution in [0.15, 0.2) is 0 Å². The fraction of sp³-hybridized carbons (Fsp3) is 1.00. The van der Waals surface area contributed by atoms with Crippen LogP contribution in [0.25, 0.3) is 0 Å². The van der Waals surface area contributed by atoms with Crippen molar-refractivity contribution in [1.82, 2.24) is 30.7 Å². The van der Waals surface area contributed by atoms with E-state index < -0.39 is 0 Å². The minimum Gasteiger partial charge on any atom is -0.395 e. The second kappa shape index (κ2) is 23.9. The first-order chi connectivity index (χ1) is 20.9. The number of aliphatic hydroxyl groups is 2. The van der Waals surface area contributed by atoms with E-state index >= 15 is 0 Å². The molecule has 0 aromatic carbocycles. The van der Waals surface area contributed by atoms with Crippen molar-refractivity contribution in [2.24, 2.45) is 5.92 Å². The Kier molecular flexibility index (Phi) is 22.7. The average molecular weight is 627 g/mol. The molecule has 0 aliphatic carbocycles. The molecule has 2 atom stereocenters. The summed E-state index contributed by atoms with van der Waals surface area (Å²) < 4.78 is 0. The predicted octanol–water partition coefficient (Wildman–Crippen LogP) is 4.54. The van der Waals surface area contributed by atoms with Crippen LogP contribution < -0.4 is 16.0 Å². The van der Waals surface area contributed by atoms with E-state index in [4.69, 9.17) is 5.11 Å². The van der Waals surface area contributed by atoms with Crippen LogP contribution in [0.5, 0.6) is 0 Å². The number of nitrogens with one attached hydrogen (secondary N) is 3. The Balaban J connectivity index is 0.000000330. The maximum atomic E-state index is 9.46. The van der Waals surface area contributed by atoms with Crippen LogP contribution in [0.2, 0.25) is 0 Å². The van der Waals surface area contributed by atoms with E-state index in [1.807, 2.05) is 6.92 Å².